The lowest BCUT2D eigenvalue weighted by molar-refractivity contribution is 0.0431. The summed E-state index contributed by atoms with van der Waals surface area (Å²) in [6.07, 6.45) is 3.18. The summed E-state index contributed by atoms with van der Waals surface area (Å²) in [7, 11) is 0. The molecule has 0 N–H and O–H groups in total. The number of furan rings is 1. The Kier molecular flexibility index (Phi) is 3.79. The summed E-state index contributed by atoms with van der Waals surface area (Å²) in [6, 6.07) is 7.37. The highest BCUT2D eigenvalue weighted by molar-refractivity contribution is 7.13. The van der Waals surface area contributed by atoms with Crippen molar-refractivity contribution in [2.24, 2.45) is 0 Å². The van der Waals surface area contributed by atoms with Gasteiger partial charge in [-0.05, 0) is 25.1 Å². The average molecular weight is 300 g/mol. The van der Waals surface area contributed by atoms with E-state index in [0.29, 0.717) is 5.69 Å². The van der Waals surface area contributed by atoms with Gasteiger partial charge >= 0.3 is 5.97 Å². The Morgan fingerprint density at radius 1 is 1.38 bits per heavy atom. The number of hydrogen-bond donors (Lipinski definition) is 0. The molecular weight excluding hydrogens is 288 g/mol. The van der Waals surface area contributed by atoms with Crippen LogP contribution >= 0.6 is 11.3 Å². The molecule has 0 aliphatic heterocycles. The van der Waals surface area contributed by atoms with Gasteiger partial charge in [0.15, 0.2) is 0 Å². The number of pyridine rings is 1. The van der Waals surface area contributed by atoms with Crippen LogP contribution in [-0.4, -0.2) is 15.9 Å². The van der Waals surface area contributed by atoms with Crippen LogP contribution in [0, 0.1) is 6.92 Å². The van der Waals surface area contributed by atoms with Gasteiger partial charge in [0.05, 0.1) is 17.7 Å². The first kappa shape index (κ1) is 13.5. The zero-order valence-electron chi connectivity index (χ0n) is 11.3. The summed E-state index contributed by atoms with van der Waals surface area (Å²) < 4.78 is 10.3. The van der Waals surface area contributed by atoms with Crippen molar-refractivity contribution in [1.29, 1.82) is 0 Å². The summed E-state index contributed by atoms with van der Waals surface area (Å²) in [5, 5.41) is 2.66. The second kappa shape index (κ2) is 5.88. The maximum atomic E-state index is 11.8. The second-order valence-electron chi connectivity index (χ2n) is 4.37. The van der Waals surface area contributed by atoms with Crippen molar-refractivity contribution >= 4 is 17.3 Å². The fraction of sp³-hybridized carbons (Fsp3) is 0.133. The van der Waals surface area contributed by atoms with Gasteiger partial charge in [-0.3, -0.25) is 4.98 Å². The van der Waals surface area contributed by atoms with E-state index >= 15 is 0 Å². The number of nitrogens with zero attached hydrogens (tertiary/aromatic N) is 2. The average Bonchev–Trinajstić information content (AvgIpc) is 3.15. The standard InChI is InChI=1S/C15H12N2O3S/c1-10-5-7-19-13(10)15(18)20-8-11-9-21-14(17-11)12-4-2-3-6-16-12/h2-7,9H,8H2,1H3. The molecule has 21 heavy (non-hydrogen) atoms. The molecule has 3 rings (SSSR count). The molecule has 3 aromatic rings. The normalized spacial score (nSPS) is 10.5. The van der Waals surface area contributed by atoms with Crippen LogP contribution in [0.15, 0.2) is 46.5 Å². The Hall–Kier alpha value is -2.47. The number of hydrogen-bond acceptors (Lipinski definition) is 6. The highest BCUT2D eigenvalue weighted by Crippen LogP contribution is 2.22. The van der Waals surface area contributed by atoms with E-state index in [0.717, 1.165) is 16.3 Å². The van der Waals surface area contributed by atoms with Gasteiger partial charge in [-0.25, -0.2) is 9.78 Å². The first-order chi connectivity index (χ1) is 10.2. The Labute approximate surface area is 125 Å². The third-order valence-electron chi connectivity index (χ3n) is 2.83. The smallest absolute Gasteiger partial charge is 0.374 e. The topological polar surface area (TPSA) is 65.2 Å². The predicted molar refractivity (Wildman–Crippen MR) is 77.9 cm³/mol. The van der Waals surface area contributed by atoms with Crippen molar-refractivity contribution in [3.05, 3.63) is 59.1 Å². The summed E-state index contributed by atoms with van der Waals surface area (Å²) in [6.45, 7) is 1.91. The van der Waals surface area contributed by atoms with Crippen LogP contribution in [0.3, 0.4) is 0 Å². The van der Waals surface area contributed by atoms with Crippen LogP contribution in [0.2, 0.25) is 0 Å². The number of esters is 1. The van der Waals surface area contributed by atoms with Gasteiger partial charge in [0.2, 0.25) is 5.76 Å². The molecule has 3 aromatic heterocycles. The van der Waals surface area contributed by atoms with E-state index in [1.165, 1.54) is 17.6 Å². The molecule has 0 atom stereocenters. The van der Waals surface area contributed by atoms with E-state index < -0.39 is 5.97 Å². The van der Waals surface area contributed by atoms with Crippen molar-refractivity contribution in [3.63, 3.8) is 0 Å². The van der Waals surface area contributed by atoms with Crippen molar-refractivity contribution in [3.8, 4) is 10.7 Å². The molecule has 0 fully saturated rings. The third kappa shape index (κ3) is 3.00. The molecule has 0 radical (unpaired) electrons. The van der Waals surface area contributed by atoms with Gasteiger partial charge < -0.3 is 9.15 Å². The molecule has 0 saturated carbocycles. The molecule has 0 bridgehead atoms. The van der Waals surface area contributed by atoms with Crippen LogP contribution in [-0.2, 0) is 11.3 Å². The van der Waals surface area contributed by atoms with E-state index in [-0.39, 0.29) is 12.4 Å². The molecule has 3 heterocycles. The molecule has 0 aliphatic rings. The van der Waals surface area contributed by atoms with Crippen molar-refractivity contribution in [2.75, 3.05) is 0 Å². The van der Waals surface area contributed by atoms with Gasteiger partial charge in [0.1, 0.15) is 11.6 Å². The first-order valence-corrected chi connectivity index (χ1v) is 7.19. The minimum absolute atomic E-state index is 0.113. The molecular formula is C15H12N2O3S. The fourth-order valence-corrected chi connectivity index (χ4v) is 2.55. The van der Waals surface area contributed by atoms with E-state index in [2.05, 4.69) is 9.97 Å². The van der Waals surface area contributed by atoms with Crippen molar-refractivity contribution in [2.45, 2.75) is 13.5 Å². The van der Waals surface area contributed by atoms with Crippen molar-refractivity contribution in [1.82, 2.24) is 9.97 Å². The SMILES string of the molecule is Cc1ccoc1C(=O)OCc1csc(-c2ccccn2)n1. The summed E-state index contributed by atoms with van der Waals surface area (Å²) in [5.41, 5.74) is 2.26. The quantitative estimate of drug-likeness (QED) is 0.690. The molecule has 0 amide bonds. The number of thiazole rings is 1. The number of carbonyl (C=O) groups excluding carboxylic acids is 1. The zero-order chi connectivity index (χ0) is 14.7. The van der Waals surface area contributed by atoms with Gasteiger partial charge in [0.25, 0.3) is 0 Å². The lowest BCUT2D eigenvalue weighted by Gasteiger charge is -2.00. The number of ether oxygens (including phenoxy) is 1. The Bertz CT molecular complexity index is 749. The van der Waals surface area contributed by atoms with Crippen LogP contribution in [0.25, 0.3) is 10.7 Å². The summed E-state index contributed by atoms with van der Waals surface area (Å²) >= 11 is 1.47. The summed E-state index contributed by atoms with van der Waals surface area (Å²) in [5.74, 6) is -0.250. The largest absolute Gasteiger partial charge is 0.457 e. The molecule has 0 spiro atoms. The molecule has 6 heteroatoms. The maximum absolute atomic E-state index is 11.8. The van der Waals surface area contributed by atoms with E-state index in [1.54, 1.807) is 19.2 Å². The van der Waals surface area contributed by atoms with Crippen LogP contribution in [0.5, 0.6) is 0 Å². The molecule has 5 nitrogen and oxygen atoms in total. The van der Waals surface area contributed by atoms with E-state index in [1.807, 2.05) is 23.6 Å². The molecule has 106 valence electrons. The second-order valence-corrected chi connectivity index (χ2v) is 5.23. The Balaban J connectivity index is 1.66. The summed E-state index contributed by atoms with van der Waals surface area (Å²) in [4.78, 5) is 20.5. The van der Waals surface area contributed by atoms with E-state index in [4.69, 9.17) is 9.15 Å². The van der Waals surface area contributed by atoms with Crippen LogP contribution in [0.4, 0.5) is 0 Å². The fourth-order valence-electron chi connectivity index (χ4n) is 1.77. The lowest BCUT2D eigenvalue weighted by Crippen LogP contribution is -2.05. The Morgan fingerprint density at radius 2 is 2.29 bits per heavy atom. The van der Waals surface area contributed by atoms with Crippen molar-refractivity contribution < 1.29 is 13.9 Å². The van der Waals surface area contributed by atoms with Crippen LogP contribution < -0.4 is 0 Å². The lowest BCUT2D eigenvalue weighted by atomic mass is 10.3. The highest BCUT2D eigenvalue weighted by Gasteiger charge is 2.15. The maximum Gasteiger partial charge on any atom is 0.374 e. The highest BCUT2D eigenvalue weighted by atomic mass is 32.1. The first-order valence-electron chi connectivity index (χ1n) is 6.31. The van der Waals surface area contributed by atoms with Gasteiger partial charge in [-0.2, -0.15) is 0 Å². The predicted octanol–water partition coefficient (Wildman–Crippen LogP) is 3.46. The third-order valence-corrected chi connectivity index (χ3v) is 3.75. The van der Waals surface area contributed by atoms with Gasteiger partial charge in [-0.15, -0.1) is 11.3 Å². The molecule has 0 aromatic carbocycles. The Morgan fingerprint density at radius 3 is 3.00 bits per heavy atom. The van der Waals surface area contributed by atoms with Crippen LogP contribution in [0.1, 0.15) is 21.8 Å². The zero-order valence-corrected chi connectivity index (χ0v) is 12.1. The minimum Gasteiger partial charge on any atom is -0.457 e. The monoisotopic (exact) mass is 300 g/mol. The number of aromatic nitrogens is 2. The number of carbonyl (C=O) groups is 1. The molecule has 0 unspecified atom stereocenters. The van der Waals surface area contributed by atoms with Gasteiger partial charge in [-0.1, -0.05) is 6.07 Å². The van der Waals surface area contributed by atoms with E-state index in [9.17, 15) is 4.79 Å². The minimum atomic E-state index is -0.482. The van der Waals surface area contributed by atoms with Gasteiger partial charge in [0, 0.05) is 17.1 Å². The number of rotatable bonds is 4. The molecule has 0 saturated heterocycles. The molecule has 0 aliphatic carbocycles. The number of aryl methyl sites for hydroxylation is 1.